The molecule has 0 aromatic heterocycles. The van der Waals surface area contributed by atoms with E-state index in [9.17, 15) is 9.59 Å². The highest BCUT2D eigenvalue weighted by molar-refractivity contribution is 8.02. The zero-order valence-corrected chi connectivity index (χ0v) is 11.1. The van der Waals surface area contributed by atoms with E-state index in [-0.39, 0.29) is 6.61 Å². The summed E-state index contributed by atoms with van der Waals surface area (Å²) in [7, 11) is 1.30. The summed E-state index contributed by atoms with van der Waals surface area (Å²) in [5, 5.41) is 1.66. The van der Waals surface area contributed by atoms with Crippen LogP contribution in [0.2, 0.25) is 0 Å². The molecule has 0 spiro atoms. The summed E-state index contributed by atoms with van der Waals surface area (Å²) in [6.07, 6.45) is 10.4. The van der Waals surface area contributed by atoms with Crippen molar-refractivity contribution in [2.75, 3.05) is 19.5 Å². The van der Waals surface area contributed by atoms with E-state index in [0.717, 1.165) is 5.75 Å². The third-order valence-electron chi connectivity index (χ3n) is 1.65. The lowest BCUT2D eigenvalue weighted by molar-refractivity contribution is -0.137. The van der Waals surface area contributed by atoms with Crippen molar-refractivity contribution in [3.05, 3.63) is 23.6 Å². The summed E-state index contributed by atoms with van der Waals surface area (Å²) in [6.45, 7) is 0.228. The molecule has 0 aromatic carbocycles. The van der Waals surface area contributed by atoms with Gasteiger partial charge in [0.25, 0.3) is 0 Å². The second kappa shape index (κ2) is 11.8. The summed E-state index contributed by atoms with van der Waals surface area (Å²) >= 11 is 1.46. The second-order valence-electron chi connectivity index (χ2n) is 3.01. The fraction of sp³-hybridized carbons (Fsp3) is 0.385. The van der Waals surface area contributed by atoms with Crippen LogP contribution in [-0.2, 0) is 19.1 Å². The van der Waals surface area contributed by atoms with Gasteiger partial charge in [-0.25, -0.2) is 9.59 Å². The molecule has 0 aliphatic rings. The van der Waals surface area contributed by atoms with Crippen molar-refractivity contribution >= 4 is 23.7 Å². The molecule has 0 aromatic rings. The summed E-state index contributed by atoms with van der Waals surface area (Å²) < 4.78 is 9.28. The Hall–Kier alpha value is -1.67. The van der Waals surface area contributed by atoms with Gasteiger partial charge in [-0.1, -0.05) is 6.08 Å². The van der Waals surface area contributed by atoms with Gasteiger partial charge in [0.1, 0.15) is 0 Å². The number of carbonyl (C=O) groups excluding carboxylic acids is 2. The van der Waals surface area contributed by atoms with Gasteiger partial charge in [-0.3, -0.25) is 0 Å². The fourth-order valence-corrected chi connectivity index (χ4v) is 1.39. The Morgan fingerprint density at radius 1 is 1.33 bits per heavy atom. The molecule has 4 nitrogen and oxygen atoms in total. The van der Waals surface area contributed by atoms with Crippen LogP contribution in [-0.4, -0.2) is 31.4 Å². The molecular formula is C13H16O4S. The lowest BCUT2D eigenvalue weighted by Gasteiger charge is -1.98. The van der Waals surface area contributed by atoms with Gasteiger partial charge in [0.15, 0.2) is 0 Å². The molecule has 0 heterocycles. The van der Waals surface area contributed by atoms with E-state index in [0.29, 0.717) is 12.8 Å². The minimum atomic E-state index is -0.425. The molecule has 0 aliphatic carbocycles. The van der Waals surface area contributed by atoms with Crippen molar-refractivity contribution in [1.29, 1.82) is 0 Å². The topological polar surface area (TPSA) is 52.6 Å². The molecule has 0 fully saturated rings. The highest BCUT2D eigenvalue weighted by Gasteiger charge is 1.95. The van der Waals surface area contributed by atoms with Crippen LogP contribution < -0.4 is 0 Å². The molecule has 0 aliphatic heterocycles. The zero-order chi connectivity index (χ0) is 13.6. The molecule has 0 N–H and O–H groups in total. The van der Waals surface area contributed by atoms with Crippen molar-refractivity contribution in [1.82, 2.24) is 0 Å². The minimum absolute atomic E-state index is 0.228. The maximum Gasteiger partial charge on any atom is 0.331 e. The van der Waals surface area contributed by atoms with E-state index in [2.05, 4.69) is 10.7 Å². The summed E-state index contributed by atoms with van der Waals surface area (Å²) in [4.78, 5) is 21.8. The van der Waals surface area contributed by atoms with Crippen molar-refractivity contribution in [3.8, 4) is 12.3 Å². The van der Waals surface area contributed by atoms with Crippen molar-refractivity contribution in [3.63, 3.8) is 0 Å². The number of esters is 2. The van der Waals surface area contributed by atoms with Crippen molar-refractivity contribution in [2.45, 2.75) is 12.8 Å². The van der Waals surface area contributed by atoms with Crippen molar-refractivity contribution < 1.29 is 19.1 Å². The minimum Gasteiger partial charge on any atom is -0.466 e. The molecule has 18 heavy (non-hydrogen) atoms. The van der Waals surface area contributed by atoms with Gasteiger partial charge < -0.3 is 9.47 Å². The van der Waals surface area contributed by atoms with Gasteiger partial charge in [-0.15, -0.1) is 24.1 Å². The standard InChI is InChI=1S/C13H16O4S/c1-3-4-10-18-11-8-13(15)17-9-6-5-7-12(14)16-2/h1,5,7-8,11H,4,6,9-10H2,2H3/b7-5+,11-8+. The Kier molecular flexibility index (Phi) is 10.7. The third kappa shape index (κ3) is 10.8. The Labute approximate surface area is 111 Å². The third-order valence-corrected chi connectivity index (χ3v) is 2.42. The van der Waals surface area contributed by atoms with Crippen LogP contribution in [0.3, 0.4) is 0 Å². The number of terminal acetylenes is 1. The lowest BCUT2D eigenvalue weighted by Crippen LogP contribution is -2.01. The first-order valence-electron chi connectivity index (χ1n) is 5.33. The molecule has 5 heteroatoms. The van der Waals surface area contributed by atoms with Crippen LogP contribution in [0.4, 0.5) is 0 Å². The summed E-state index contributed by atoms with van der Waals surface area (Å²) in [5.74, 6) is 2.45. The Bertz CT molecular complexity index is 352. The molecule has 98 valence electrons. The fourth-order valence-electron chi connectivity index (χ4n) is 0.813. The van der Waals surface area contributed by atoms with Gasteiger partial charge >= 0.3 is 11.9 Å². The molecule has 0 unspecified atom stereocenters. The van der Waals surface area contributed by atoms with Crippen LogP contribution in [0.5, 0.6) is 0 Å². The average Bonchev–Trinajstić information content (AvgIpc) is 2.37. The Morgan fingerprint density at radius 2 is 2.11 bits per heavy atom. The van der Waals surface area contributed by atoms with E-state index in [4.69, 9.17) is 11.2 Å². The smallest absolute Gasteiger partial charge is 0.331 e. The number of rotatable bonds is 8. The van der Waals surface area contributed by atoms with Crippen LogP contribution in [0.1, 0.15) is 12.8 Å². The number of hydrogen-bond donors (Lipinski definition) is 0. The number of thioether (sulfide) groups is 1. The molecule has 0 bridgehead atoms. The first kappa shape index (κ1) is 16.3. The predicted molar refractivity (Wildman–Crippen MR) is 71.8 cm³/mol. The quantitative estimate of drug-likeness (QED) is 0.291. The highest BCUT2D eigenvalue weighted by Crippen LogP contribution is 2.03. The number of methoxy groups -OCH3 is 1. The zero-order valence-electron chi connectivity index (χ0n) is 10.3. The molecule has 0 rings (SSSR count). The highest BCUT2D eigenvalue weighted by atomic mass is 32.2. The van der Waals surface area contributed by atoms with Gasteiger partial charge in [-0.2, -0.15) is 0 Å². The SMILES string of the molecule is C#CCCS/C=C/C(=O)OCC/C=C/C(=O)OC. The number of ether oxygens (including phenoxy) is 2. The molecule has 0 atom stereocenters. The Morgan fingerprint density at radius 3 is 2.78 bits per heavy atom. The average molecular weight is 268 g/mol. The van der Waals surface area contributed by atoms with Gasteiger partial charge in [0.05, 0.1) is 13.7 Å². The number of hydrogen-bond acceptors (Lipinski definition) is 5. The number of carbonyl (C=O) groups is 2. The Balaban J connectivity index is 3.56. The van der Waals surface area contributed by atoms with Crippen LogP contribution in [0, 0.1) is 12.3 Å². The molecule has 0 saturated heterocycles. The lowest BCUT2D eigenvalue weighted by atomic mass is 10.4. The monoisotopic (exact) mass is 268 g/mol. The second-order valence-corrected chi connectivity index (χ2v) is 4.02. The van der Waals surface area contributed by atoms with Crippen LogP contribution in [0.15, 0.2) is 23.6 Å². The summed E-state index contributed by atoms with van der Waals surface area (Å²) in [6, 6.07) is 0. The predicted octanol–water partition coefficient (Wildman–Crippen LogP) is 1.92. The summed E-state index contributed by atoms with van der Waals surface area (Å²) in [5.41, 5.74) is 0. The normalized spacial score (nSPS) is 10.4. The van der Waals surface area contributed by atoms with Crippen molar-refractivity contribution in [2.24, 2.45) is 0 Å². The first-order chi connectivity index (χ1) is 8.70. The van der Waals surface area contributed by atoms with Crippen LogP contribution >= 0.6 is 11.8 Å². The maximum absolute atomic E-state index is 11.2. The maximum atomic E-state index is 11.2. The van der Waals surface area contributed by atoms with Gasteiger partial charge in [0, 0.05) is 30.7 Å². The van der Waals surface area contributed by atoms with E-state index < -0.39 is 11.9 Å². The molecule has 0 radical (unpaired) electrons. The van der Waals surface area contributed by atoms with E-state index in [1.54, 1.807) is 11.5 Å². The van der Waals surface area contributed by atoms with E-state index in [1.807, 2.05) is 0 Å². The van der Waals surface area contributed by atoms with E-state index >= 15 is 0 Å². The van der Waals surface area contributed by atoms with Gasteiger partial charge in [0.2, 0.25) is 0 Å². The van der Waals surface area contributed by atoms with Gasteiger partial charge in [-0.05, 0) is 5.41 Å². The largest absolute Gasteiger partial charge is 0.466 e. The molecule has 0 saturated carbocycles. The molecular weight excluding hydrogens is 252 g/mol. The van der Waals surface area contributed by atoms with Crippen LogP contribution in [0.25, 0.3) is 0 Å². The molecule has 0 amide bonds. The first-order valence-corrected chi connectivity index (χ1v) is 6.38. The van der Waals surface area contributed by atoms with E-state index in [1.165, 1.54) is 31.0 Å².